The Morgan fingerprint density at radius 1 is 1.09 bits per heavy atom. The summed E-state index contributed by atoms with van der Waals surface area (Å²) in [7, 11) is 1.60. The van der Waals surface area contributed by atoms with Gasteiger partial charge in [-0.3, -0.25) is 28.4 Å². The fourth-order valence-corrected chi connectivity index (χ4v) is 5.43. The number of anilines is 1. The summed E-state index contributed by atoms with van der Waals surface area (Å²) in [4.78, 5) is 64.6. The SMILES string of the molecule is CCCn1c(=O)c2c(n(CCCOC)c1=O)N=C(c1ccc(N(CCN3CCCC3=O)C(=O)c3cc[n+]([O-])cc3)nc1)C2. The number of hydrogen-bond acceptors (Lipinski definition) is 8. The van der Waals surface area contributed by atoms with E-state index in [4.69, 9.17) is 9.73 Å². The molecule has 2 aliphatic rings. The molecule has 1 saturated heterocycles. The number of carbonyl (C=O) groups is 2. The van der Waals surface area contributed by atoms with Gasteiger partial charge >= 0.3 is 5.69 Å². The van der Waals surface area contributed by atoms with Crippen molar-refractivity contribution in [3.63, 3.8) is 0 Å². The number of nitrogens with zero attached hydrogens (tertiary/aromatic N) is 7. The van der Waals surface area contributed by atoms with E-state index in [-0.39, 0.29) is 36.0 Å². The van der Waals surface area contributed by atoms with Crippen molar-refractivity contribution in [1.29, 1.82) is 0 Å². The summed E-state index contributed by atoms with van der Waals surface area (Å²) in [6.45, 7) is 4.30. The van der Waals surface area contributed by atoms with E-state index in [1.165, 1.54) is 34.0 Å². The van der Waals surface area contributed by atoms with Gasteiger partial charge in [-0.2, -0.15) is 4.73 Å². The molecule has 2 amide bonds. The first-order chi connectivity index (χ1) is 20.8. The number of carbonyl (C=O) groups excluding carboxylic acids is 2. The molecule has 0 aliphatic carbocycles. The molecule has 5 rings (SSSR count). The van der Waals surface area contributed by atoms with Gasteiger partial charge in [-0.15, -0.1) is 0 Å². The monoisotopic (exact) mass is 589 g/mol. The van der Waals surface area contributed by atoms with Crippen LogP contribution in [0.3, 0.4) is 0 Å². The molecule has 13 heteroatoms. The van der Waals surface area contributed by atoms with Crippen LogP contribution in [0.15, 0.2) is 57.4 Å². The fraction of sp³-hybridized carbons (Fsp3) is 0.433. The summed E-state index contributed by atoms with van der Waals surface area (Å²) in [6.07, 6.45) is 6.88. The highest BCUT2D eigenvalue weighted by atomic mass is 16.5. The van der Waals surface area contributed by atoms with Crippen LogP contribution in [-0.2, 0) is 29.0 Å². The summed E-state index contributed by atoms with van der Waals surface area (Å²) < 4.78 is 8.58. The van der Waals surface area contributed by atoms with Crippen molar-refractivity contribution >= 4 is 29.2 Å². The number of amides is 2. The van der Waals surface area contributed by atoms with Crippen molar-refractivity contribution in [3.05, 3.63) is 85.6 Å². The van der Waals surface area contributed by atoms with Gasteiger partial charge in [-0.25, -0.2) is 14.8 Å². The Morgan fingerprint density at radius 3 is 2.53 bits per heavy atom. The van der Waals surface area contributed by atoms with E-state index >= 15 is 0 Å². The second-order valence-corrected chi connectivity index (χ2v) is 10.6. The predicted molar refractivity (Wildman–Crippen MR) is 159 cm³/mol. The van der Waals surface area contributed by atoms with Gasteiger partial charge in [0, 0.05) is 83.2 Å². The lowest BCUT2D eigenvalue weighted by Crippen LogP contribution is -2.41. The molecule has 0 atom stereocenters. The summed E-state index contributed by atoms with van der Waals surface area (Å²) in [5, 5.41) is 11.5. The largest absolute Gasteiger partial charge is 0.619 e. The Balaban J connectivity index is 1.44. The van der Waals surface area contributed by atoms with Crippen molar-refractivity contribution in [1.82, 2.24) is 19.0 Å². The maximum absolute atomic E-state index is 13.5. The lowest BCUT2D eigenvalue weighted by molar-refractivity contribution is -0.605. The van der Waals surface area contributed by atoms with Crippen LogP contribution in [0.2, 0.25) is 0 Å². The summed E-state index contributed by atoms with van der Waals surface area (Å²) >= 11 is 0. The molecule has 0 spiro atoms. The predicted octanol–water partition coefficient (Wildman–Crippen LogP) is 1.43. The van der Waals surface area contributed by atoms with E-state index < -0.39 is 0 Å². The van der Waals surface area contributed by atoms with Gasteiger partial charge in [0.25, 0.3) is 11.5 Å². The van der Waals surface area contributed by atoms with Gasteiger partial charge < -0.3 is 14.8 Å². The Labute approximate surface area is 248 Å². The maximum Gasteiger partial charge on any atom is 0.332 e. The molecule has 1 fully saturated rings. The smallest absolute Gasteiger partial charge is 0.332 e. The van der Waals surface area contributed by atoms with Crippen LogP contribution in [-0.4, -0.2) is 69.9 Å². The van der Waals surface area contributed by atoms with Gasteiger partial charge in [0.2, 0.25) is 5.91 Å². The highest BCUT2D eigenvalue weighted by Gasteiger charge is 2.27. The van der Waals surface area contributed by atoms with Crippen molar-refractivity contribution in [2.45, 2.75) is 52.1 Å². The van der Waals surface area contributed by atoms with E-state index in [0.29, 0.717) is 90.8 Å². The van der Waals surface area contributed by atoms with Gasteiger partial charge in [0.1, 0.15) is 11.6 Å². The van der Waals surface area contributed by atoms with Crippen molar-refractivity contribution in [2.24, 2.45) is 4.99 Å². The highest BCUT2D eigenvalue weighted by molar-refractivity contribution is 6.07. The standard InChI is InChI=1S/C30H35N7O6/c1-3-11-37-29(40)23-19-24(32-27(23)36(30(37)41)13-5-18-43-2)22-7-8-25(31-20-22)35(17-16-33-12-4-6-26(33)38)28(39)21-9-14-34(42)15-10-21/h7-10,14-15,20H,3-6,11-13,16-19H2,1-2H3. The molecule has 2 aliphatic heterocycles. The van der Waals surface area contributed by atoms with E-state index in [2.05, 4.69) is 4.98 Å². The Kier molecular flexibility index (Phi) is 9.10. The molecule has 0 unspecified atom stereocenters. The zero-order valence-electron chi connectivity index (χ0n) is 24.4. The van der Waals surface area contributed by atoms with Crippen LogP contribution in [0.5, 0.6) is 0 Å². The molecule has 3 aromatic heterocycles. The third-order valence-electron chi connectivity index (χ3n) is 7.67. The second kappa shape index (κ2) is 13.1. The van der Waals surface area contributed by atoms with Crippen molar-refractivity contribution < 1.29 is 19.1 Å². The number of rotatable bonds is 12. The Hall–Kier alpha value is -4.65. The Bertz CT molecular complexity index is 1640. The first-order valence-corrected chi connectivity index (χ1v) is 14.5. The molecule has 5 heterocycles. The van der Waals surface area contributed by atoms with Crippen LogP contribution >= 0.6 is 0 Å². The number of methoxy groups -OCH3 is 1. The molecule has 0 saturated carbocycles. The molecule has 0 aromatic carbocycles. The lowest BCUT2D eigenvalue weighted by Gasteiger charge is -2.25. The normalized spacial score (nSPS) is 14.2. The minimum atomic E-state index is -0.380. The molecule has 3 aromatic rings. The minimum absolute atomic E-state index is 0.0559. The Morgan fingerprint density at radius 2 is 1.88 bits per heavy atom. The zero-order chi connectivity index (χ0) is 30.5. The fourth-order valence-electron chi connectivity index (χ4n) is 5.43. The number of ether oxygens (including phenoxy) is 1. The van der Waals surface area contributed by atoms with Crippen LogP contribution in [0.25, 0.3) is 0 Å². The van der Waals surface area contributed by atoms with Crippen LogP contribution in [0.1, 0.15) is 54.1 Å². The minimum Gasteiger partial charge on any atom is -0.619 e. The quantitative estimate of drug-likeness (QED) is 0.176. The van der Waals surface area contributed by atoms with E-state index in [9.17, 15) is 24.4 Å². The van der Waals surface area contributed by atoms with Gasteiger partial charge in [0.05, 0.1) is 16.8 Å². The molecule has 43 heavy (non-hydrogen) atoms. The first-order valence-electron chi connectivity index (χ1n) is 14.5. The third kappa shape index (κ3) is 6.26. The van der Waals surface area contributed by atoms with Crippen LogP contribution in [0, 0.1) is 5.21 Å². The lowest BCUT2D eigenvalue weighted by atomic mass is 10.1. The van der Waals surface area contributed by atoms with E-state index in [1.54, 1.807) is 34.9 Å². The van der Waals surface area contributed by atoms with Gasteiger partial charge in [-0.1, -0.05) is 6.92 Å². The molecular weight excluding hydrogens is 554 g/mol. The number of likely N-dealkylation sites (tertiary alicyclic amines) is 1. The molecule has 0 radical (unpaired) electrons. The summed E-state index contributed by atoms with van der Waals surface area (Å²) in [5.74, 6) is 0.441. The highest BCUT2D eigenvalue weighted by Crippen LogP contribution is 2.26. The maximum atomic E-state index is 13.5. The number of aliphatic imine (C=N–C) groups is 1. The molecule has 226 valence electrons. The first kappa shape index (κ1) is 29.8. The van der Waals surface area contributed by atoms with Crippen molar-refractivity contribution in [3.8, 4) is 0 Å². The van der Waals surface area contributed by atoms with Gasteiger partial charge in [0.15, 0.2) is 12.4 Å². The zero-order valence-corrected chi connectivity index (χ0v) is 24.4. The molecule has 13 nitrogen and oxygen atoms in total. The number of pyridine rings is 2. The molecular formula is C30H35N7O6. The number of hydrogen-bond donors (Lipinski definition) is 0. The average Bonchev–Trinajstić information content (AvgIpc) is 3.64. The number of fused-ring (bicyclic) bond motifs is 1. The topological polar surface area (TPSA) is 146 Å². The third-order valence-corrected chi connectivity index (χ3v) is 7.67. The van der Waals surface area contributed by atoms with Crippen molar-refractivity contribution in [2.75, 3.05) is 38.3 Å². The molecule has 0 N–H and O–H groups in total. The van der Waals surface area contributed by atoms with Crippen LogP contribution in [0.4, 0.5) is 11.6 Å². The second-order valence-electron chi connectivity index (χ2n) is 10.6. The van der Waals surface area contributed by atoms with Gasteiger partial charge in [-0.05, 0) is 31.4 Å². The summed E-state index contributed by atoms with van der Waals surface area (Å²) in [6, 6.07) is 6.37. The average molecular weight is 590 g/mol. The summed E-state index contributed by atoms with van der Waals surface area (Å²) in [5.41, 5.74) is 1.33. The van der Waals surface area contributed by atoms with Crippen LogP contribution < -0.4 is 20.9 Å². The van der Waals surface area contributed by atoms with E-state index in [0.717, 1.165) is 6.42 Å². The number of aromatic nitrogens is 4. The van der Waals surface area contributed by atoms with E-state index in [1.807, 2.05) is 6.92 Å². The molecule has 0 bridgehead atoms.